The Kier molecular flexibility index (Phi) is 2.74. The molecule has 1 aromatic rings. The molecule has 0 unspecified atom stereocenters. The molecule has 0 aliphatic rings. The number of halogens is 3. The van der Waals surface area contributed by atoms with E-state index < -0.39 is 18.3 Å². The minimum absolute atomic E-state index is 0.00227. The molecule has 1 aromatic heterocycles. The third-order valence-electron chi connectivity index (χ3n) is 1.91. The quantitative estimate of drug-likeness (QED) is 0.445. The van der Waals surface area contributed by atoms with E-state index in [1.165, 1.54) is 13.8 Å². The smallest absolute Gasteiger partial charge is 0.448 e. The van der Waals surface area contributed by atoms with Gasteiger partial charge in [-0.25, -0.2) is 0 Å². The first-order valence-corrected chi connectivity index (χ1v) is 4.12. The number of nitro groups is 1. The van der Waals surface area contributed by atoms with Crippen LogP contribution < -0.4 is 0 Å². The molecule has 15 heavy (non-hydrogen) atoms. The number of hydrogen-bond donors (Lipinski definition) is 0. The van der Waals surface area contributed by atoms with E-state index in [4.69, 9.17) is 0 Å². The predicted molar refractivity (Wildman–Crippen MR) is 47.4 cm³/mol. The van der Waals surface area contributed by atoms with Crippen molar-refractivity contribution in [2.75, 3.05) is 0 Å². The molecule has 0 saturated heterocycles. The molecule has 0 spiro atoms. The number of aryl methyl sites for hydroxylation is 1. The van der Waals surface area contributed by atoms with E-state index in [0.29, 0.717) is 4.68 Å². The summed E-state index contributed by atoms with van der Waals surface area (Å²) in [7, 11) is 0. The van der Waals surface area contributed by atoms with Crippen LogP contribution in [0.25, 0.3) is 0 Å². The molecular weight excluding hydrogens is 214 g/mol. The Bertz CT molecular complexity index is 401. The fraction of sp³-hybridized carbons (Fsp3) is 0.500. The summed E-state index contributed by atoms with van der Waals surface area (Å²) >= 11 is 0. The molecule has 84 valence electrons. The van der Waals surface area contributed by atoms with Crippen LogP contribution in [0.2, 0.25) is 0 Å². The maximum absolute atomic E-state index is 12.1. The Morgan fingerprint density at radius 1 is 1.47 bits per heavy atom. The van der Waals surface area contributed by atoms with Crippen molar-refractivity contribution in [1.82, 2.24) is 9.78 Å². The van der Waals surface area contributed by atoms with Gasteiger partial charge in [0.25, 0.3) is 0 Å². The van der Waals surface area contributed by atoms with Gasteiger partial charge in [-0.2, -0.15) is 5.10 Å². The summed E-state index contributed by atoms with van der Waals surface area (Å²) < 4.78 is 36.9. The van der Waals surface area contributed by atoms with Crippen LogP contribution in [0.3, 0.4) is 0 Å². The zero-order valence-electron chi connectivity index (χ0n) is 8.08. The highest BCUT2D eigenvalue weighted by molar-refractivity contribution is 6.57. The second-order valence-electron chi connectivity index (χ2n) is 3.17. The largest absolute Gasteiger partial charge is 0.499 e. The lowest BCUT2D eigenvalue weighted by Gasteiger charge is -2.14. The van der Waals surface area contributed by atoms with E-state index in [0.717, 1.165) is 0 Å². The van der Waals surface area contributed by atoms with E-state index in [1.54, 1.807) is 0 Å². The molecule has 1 heterocycles. The Morgan fingerprint density at radius 3 is 2.33 bits per heavy atom. The molecule has 1 rings (SSSR count). The first-order valence-electron chi connectivity index (χ1n) is 4.12. The van der Waals surface area contributed by atoms with Gasteiger partial charge in [0.15, 0.2) is 0 Å². The number of hydrogen-bond acceptors (Lipinski definition) is 3. The van der Waals surface area contributed by atoms with Crippen LogP contribution in [-0.2, 0) is 6.44 Å². The second kappa shape index (κ2) is 3.56. The maximum atomic E-state index is 12.1. The van der Waals surface area contributed by atoms with Gasteiger partial charge in [0.1, 0.15) is 11.4 Å². The van der Waals surface area contributed by atoms with Gasteiger partial charge in [0.05, 0.1) is 4.92 Å². The summed E-state index contributed by atoms with van der Waals surface area (Å²) in [4.78, 5) is 9.77. The Morgan fingerprint density at radius 2 is 2.00 bits per heavy atom. The minimum atomic E-state index is -5.05. The summed E-state index contributed by atoms with van der Waals surface area (Å²) in [6.45, 7) is -2.49. The van der Waals surface area contributed by atoms with Crippen molar-refractivity contribution in [1.29, 1.82) is 0 Å². The van der Waals surface area contributed by atoms with Crippen molar-refractivity contribution in [2.24, 2.45) is 0 Å². The fourth-order valence-corrected chi connectivity index (χ4v) is 1.33. The van der Waals surface area contributed by atoms with Gasteiger partial charge in [0, 0.05) is 6.44 Å². The van der Waals surface area contributed by atoms with Crippen molar-refractivity contribution >= 4 is 12.7 Å². The van der Waals surface area contributed by atoms with Crippen LogP contribution in [0.1, 0.15) is 11.4 Å². The molecule has 0 aliphatic heterocycles. The van der Waals surface area contributed by atoms with Crippen molar-refractivity contribution < 1.29 is 17.9 Å². The van der Waals surface area contributed by atoms with Gasteiger partial charge in [-0.15, -0.1) is 0 Å². The summed E-state index contributed by atoms with van der Waals surface area (Å²) in [5, 5.41) is 14.0. The third kappa shape index (κ3) is 2.48. The maximum Gasteiger partial charge on any atom is 0.499 e. The van der Waals surface area contributed by atoms with Crippen LogP contribution in [0.4, 0.5) is 18.6 Å². The standard InChI is InChI=1S/C6H8BF3N3O2/c1-4-6(13(14)15)5(2)12(11-4)3-7(8,9)10/h3H2,1-2H3/q-1. The predicted octanol–water partition coefficient (Wildman–Crippen LogP) is 1.79. The Labute approximate surface area is 83.1 Å². The molecule has 0 fully saturated rings. The van der Waals surface area contributed by atoms with Gasteiger partial charge >= 0.3 is 12.7 Å². The minimum Gasteiger partial charge on any atom is -0.448 e. The van der Waals surface area contributed by atoms with Gasteiger partial charge in [-0.05, 0) is 13.8 Å². The van der Waals surface area contributed by atoms with Crippen molar-refractivity contribution in [3.63, 3.8) is 0 Å². The van der Waals surface area contributed by atoms with Gasteiger partial charge in [-0.3, -0.25) is 14.8 Å². The van der Waals surface area contributed by atoms with E-state index in [9.17, 15) is 23.1 Å². The molecule has 0 atom stereocenters. The zero-order valence-corrected chi connectivity index (χ0v) is 8.08. The molecule has 0 amide bonds. The molecule has 5 nitrogen and oxygen atoms in total. The van der Waals surface area contributed by atoms with Crippen LogP contribution in [0.15, 0.2) is 0 Å². The highest BCUT2D eigenvalue weighted by Crippen LogP contribution is 2.23. The Balaban J connectivity index is 3.13. The highest BCUT2D eigenvalue weighted by atomic mass is 19.4. The average Bonchev–Trinajstić information content (AvgIpc) is 2.23. The molecule has 0 aliphatic carbocycles. The van der Waals surface area contributed by atoms with Crippen molar-refractivity contribution in [2.45, 2.75) is 20.3 Å². The summed E-state index contributed by atoms with van der Waals surface area (Å²) in [6.07, 6.45) is -1.25. The van der Waals surface area contributed by atoms with Crippen LogP contribution in [-0.4, -0.2) is 21.7 Å². The van der Waals surface area contributed by atoms with E-state index in [1.807, 2.05) is 0 Å². The summed E-state index contributed by atoms with van der Waals surface area (Å²) in [5.41, 5.74) is -0.427. The molecule has 0 saturated carbocycles. The Hall–Kier alpha value is -1.54. The topological polar surface area (TPSA) is 61.0 Å². The number of rotatable bonds is 3. The normalized spacial score (nSPS) is 11.8. The van der Waals surface area contributed by atoms with Crippen LogP contribution in [0, 0.1) is 24.0 Å². The van der Waals surface area contributed by atoms with Crippen LogP contribution in [0.5, 0.6) is 0 Å². The van der Waals surface area contributed by atoms with Gasteiger partial charge in [-0.1, -0.05) is 0 Å². The summed E-state index contributed by atoms with van der Waals surface area (Å²) in [5.74, 6) is 0. The van der Waals surface area contributed by atoms with E-state index in [-0.39, 0.29) is 17.1 Å². The molecule has 0 N–H and O–H groups in total. The van der Waals surface area contributed by atoms with Gasteiger partial charge in [0.2, 0.25) is 0 Å². The SMILES string of the molecule is Cc1nn(C[B-](F)(F)F)c(C)c1[N+](=O)[O-]. The molecule has 0 aromatic carbocycles. The molecule has 0 bridgehead atoms. The second-order valence-corrected chi connectivity index (χ2v) is 3.17. The van der Waals surface area contributed by atoms with Crippen molar-refractivity contribution in [3.05, 3.63) is 21.5 Å². The average molecular weight is 222 g/mol. The summed E-state index contributed by atoms with van der Waals surface area (Å²) in [6, 6.07) is 0. The molecular formula is C6H8BF3N3O2-. The van der Waals surface area contributed by atoms with E-state index in [2.05, 4.69) is 5.10 Å². The number of nitrogens with zero attached hydrogens (tertiary/aromatic N) is 3. The third-order valence-corrected chi connectivity index (χ3v) is 1.91. The number of aromatic nitrogens is 2. The van der Waals surface area contributed by atoms with E-state index >= 15 is 0 Å². The molecule has 0 radical (unpaired) electrons. The van der Waals surface area contributed by atoms with Crippen molar-refractivity contribution in [3.8, 4) is 0 Å². The lowest BCUT2D eigenvalue weighted by Crippen LogP contribution is -2.25. The fourth-order valence-electron chi connectivity index (χ4n) is 1.33. The lowest BCUT2D eigenvalue weighted by atomic mass is 9.92. The highest BCUT2D eigenvalue weighted by Gasteiger charge is 2.29. The van der Waals surface area contributed by atoms with Gasteiger partial charge < -0.3 is 12.9 Å². The first-order chi connectivity index (χ1) is 6.72. The molecule has 9 heteroatoms. The van der Waals surface area contributed by atoms with Crippen LogP contribution >= 0.6 is 0 Å². The zero-order chi connectivity index (χ0) is 11.8. The monoisotopic (exact) mass is 222 g/mol. The lowest BCUT2D eigenvalue weighted by molar-refractivity contribution is -0.386. The first kappa shape index (κ1) is 11.5.